The number of ether oxygens (including phenoxy) is 1. The first kappa shape index (κ1) is 14.6. The Hall–Kier alpha value is -1.76. The molecule has 1 aromatic heterocycles. The van der Waals surface area contributed by atoms with Gasteiger partial charge in [0.15, 0.2) is 5.16 Å². The Morgan fingerprint density at radius 1 is 1.50 bits per heavy atom. The molecule has 0 aliphatic heterocycles. The molecule has 1 N–H and O–H groups in total. The van der Waals surface area contributed by atoms with Crippen LogP contribution in [0.15, 0.2) is 28.2 Å². The minimum absolute atomic E-state index is 0.222. The molecule has 5 nitrogen and oxygen atoms in total. The van der Waals surface area contributed by atoms with E-state index < -0.39 is 0 Å². The molecule has 1 heterocycles. The Morgan fingerprint density at radius 3 is 3.00 bits per heavy atom. The number of H-pyrrole nitrogens is 1. The summed E-state index contributed by atoms with van der Waals surface area (Å²) in [6, 6.07) is 4.38. The summed E-state index contributed by atoms with van der Waals surface area (Å²) in [6.45, 7) is 2.60. The van der Waals surface area contributed by atoms with Gasteiger partial charge in [0.2, 0.25) is 0 Å². The van der Waals surface area contributed by atoms with Crippen molar-refractivity contribution in [2.75, 3.05) is 7.11 Å². The molecule has 0 saturated heterocycles. The van der Waals surface area contributed by atoms with Crippen LogP contribution in [-0.4, -0.2) is 21.9 Å². The molecule has 0 aliphatic carbocycles. The highest BCUT2D eigenvalue weighted by atomic mass is 32.2. The molecule has 2 rings (SSSR count). The Labute approximate surface area is 120 Å². The quantitative estimate of drug-likeness (QED) is 0.832. The molecule has 0 radical (unpaired) electrons. The minimum Gasteiger partial charge on any atom is -0.496 e. The number of rotatable bonds is 6. The molecule has 0 saturated carbocycles. The predicted octanol–water partition coefficient (Wildman–Crippen LogP) is 2.42. The molecule has 20 heavy (non-hydrogen) atoms. The van der Waals surface area contributed by atoms with Gasteiger partial charge in [-0.05, 0) is 24.6 Å². The number of aromatic nitrogens is 3. The zero-order valence-electron chi connectivity index (χ0n) is 11.4. The van der Waals surface area contributed by atoms with Crippen molar-refractivity contribution < 1.29 is 9.13 Å². The molecule has 0 bridgehead atoms. The van der Waals surface area contributed by atoms with E-state index in [-0.39, 0.29) is 11.5 Å². The summed E-state index contributed by atoms with van der Waals surface area (Å²) in [4.78, 5) is 11.6. The Balaban J connectivity index is 2.16. The predicted molar refractivity (Wildman–Crippen MR) is 75.7 cm³/mol. The summed E-state index contributed by atoms with van der Waals surface area (Å²) in [5.41, 5.74) is 0.511. The Bertz CT molecular complexity index is 639. The Kier molecular flexibility index (Phi) is 4.84. The summed E-state index contributed by atoms with van der Waals surface area (Å²) in [6.07, 6.45) is 0.844. The highest BCUT2D eigenvalue weighted by Crippen LogP contribution is 2.27. The van der Waals surface area contributed by atoms with E-state index in [1.165, 1.54) is 23.9 Å². The van der Waals surface area contributed by atoms with Crippen molar-refractivity contribution in [3.63, 3.8) is 0 Å². The molecular weight excluding hydrogens is 281 g/mol. The van der Waals surface area contributed by atoms with E-state index >= 15 is 0 Å². The lowest BCUT2D eigenvalue weighted by Gasteiger charge is -2.08. The average Bonchev–Trinajstić information content (AvgIpc) is 2.78. The molecule has 0 amide bonds. The zero-order valence-corrected chi connectivity index (χ0v) is 12.2. The molecule has 108 valence electrons. The van der Waals surface area contributed by atoms with Crippen LogP contribution in [0, 0.1) is 5.82 Å². The molecule has 0 atom stereocenters. The number of aromatic amines is 1. The topological polar surface area (TPSA) is 59.9 Å². The van der Waals surface area contributed by atoms with Gasteiger partial charge in [0, 0.05) is 17.9 Å². The maximum atomic E-state index is 13.3. The number of nitrogens with one attached hydrogen (secondary N) is 1. The minimum atomic E-state index is -0.311. The van der Waals surface area contributed by atoms with Crippen LogP contribution in [0.3, 0.4) is 0 Å². The van der Waals surface area contributed by atoms with Crippen molar-refractivity contribution in [3.8, 4) is 5.75 Å². The molecule has 0 fully saturated rings. The van der Waals surface area contributed by atoms with E-state index in [9.17, 15) is 9.18 Å². The molecular formula is C13H16FN3O2S. The van der Waals surface area contributed by atoms with Crippen LogP contribution in [0.1, 0.15) is 18.9 Å². The van der Waals surface area contributed by atoms with Gasteiger partial charge < -0.3 is 4.74 Å². The largest absolute Gasteiger partial charge is 0.496 e. The fourth-order valence-electron chi connectivity index (χ4n) is 1.84. The third-order valence-corrected chi connectivity index (χ3v) is 3.79. The van der Waals surface area contributed by atoms with Gasteiger partial charge in [0.1, 0.15) is 11.6 Å². The smallest absolute Gasteiger partial charge is 0.343 e. The fraction of sp³-hybridized carbons (Fsp3) is 0.385. The number of thioether (sulfide) groups is 1. The molecule has 2 aromatic rings. The first-order valence-corrected chi connectivity index (χ1v) is 7.24. The number of nitrogens with zero attached hydrogens (tertiary/aromatic N) is 2. The second kappa shape index (κ2) is 6.60. The molecule has 0 spiro atoms. The second-order valence-corrected chi connectivity index (χ2v) is 5.15. The maximum absolute atomic E-state index is 13.3. The molecule has 1 aromatic carbocycles. The van der Waals surface area contributed by atoms with Crippen molar-refractivity contribution in [3.05, 3.63) is 40.1 Å². The molecule has 7 heteroatoms. The first-order valence-electron chi connectivity index (χ1n) is 6.26. The van der Waals surface area contributed by atoms with Crippen LogP contribution < -0.4 is 10.4 Å². The van der Waals surface area contributed by atoms with Crippen LogP contribution in [0.25, 0.3) is 0 Å². The van der Waals surface area contributed by atoms with Crippen LogP contribution >= 0.6 is 11.8 Å². The van der Waals surface area contributed by atoms with Crippen molar-refractivity contribution in [1.29, 1.82) is 0 Å². The average molecular weight is 297 g/mol. The van der Waals surface area contributed by atoms with Gasteiger partial charge in [-0.1, -0.05) is 18.7 Å². The second-order valence-electron chi connectivity index (χ2n) is 4.21. The highest BCUT2D eigenvalue weighted by Gasteiger charge is 2.11. The van der Waals surface area contributed by atoms with Gasteiger partial charge in [0.25, 0.3) is 0 Å². The maximum Gasteiger partial charge on any atom is 0.343 e. The number of hydrogen-bond donors (Lipinski definition) is 1. The van der Waals surface area contributed by atoms with E-state index in [0.717, 1.165) is 12.0 Å². The van der Waals surface area contributed by atoms with Crippen molar-refractivity contribution in [1.82, 2.24) is 14.8 Å². The SMILES string of the molecule is CCCn1c(SCc2cc(F)ccc2OC)n[nH]c1=O. The lowest BCUT2D eigenvalue weighted by molar-refractivity contribution is 0.410. The van der Waals surface area contributed by atoms with Crippen molar-refractivity contribution in [2.45, 2.75) is 30.8 Å². The lowest BCUT2D eigenvalue weighted by atomic mass is 10.2. The summed E-state index contributed by atoms with van der Waals surface area (Å²) in [5.74, 6) is 0.794. The van der Waals surface area contributed by atoms with E-state index in [0.29, 0.717) is 23.2 Å². The standard InChI is InChI=1S/C13H16FN3O2S/c1-3-6-17-12(18)15-16-13(17)20-8-9-7-10(14)4-5-11(9)19-2/h4-5,7H,3,6,8H2,1-2H3,(H,15,18). The summed E-state index contributed by atoms with van der Waals surface area (Å²) in [7, 11) is 1.54. The van der Waals surface area contributed by atoms with E-state index in [1.807, 2.05) is 6.92 Å². The first-order chi connectivity index (χ1) is 9.65. The van der Waals surface area contributed by atoms with Crippen LogP contribution in [-0.2, 0) is 12.3 Å². The fourth-order valence-corrected chi connectivity index (χ4v) is 2.79. The van der Waals surface area contributed by atoms with Gasteiger partial charge in [-0.2, -0.15) is 0 Å². The van der Waals surface area contributed by atoms with Crippen molar-refractivity contribution in [2.24, 2.45) is 0 Å². The van der Waals surface area contributed by atoms with Gasteiger partial charge in [-0.3, -0.25) is 4.57 Å². The zero-order chi connectivity index (χ0) is 14.5. The summed E-state index contributed by atoms with van der Waals surface area (Å²) in [5, 5.41) is 7.01. The molecule has 0 aliphatic rings. The third kappa shape index (κ3) is 3.22. The van der Waals surface area contributed by atoms with Crippen molar-refractivity contribution >= 4 is 11.8 Å². The summed E-state index contributed by atoms with van der Waals surface area (Å²) >= 11 is 1.37. The Morgan fingerprint density at radius 2 is 2.30 bits per heavy atom. The van der Waals surface area contributed by atoms with E-state index in [2.05, 4.69) is 10.2 Å². The van der Waals surface area contributed by atoms with Gasteiger partial charge >= 0.3 is 5.69 Å². The van der Waals surface area contributed by atoms with E-state index in [1.54, 1.807) is 17.7 Å². The third-order valence-electron chi connectivity index (χ3n) is 2.77. The van der Waals surface area contributed by atoms with Crippen LogP contribution in [0.2, 0.25) is 0 Å². The normalized spacial score (nSPS) is 10.8. The number of halogens is 1. The van der Waals surface area contributed by atoms with Gasteiger partial charge in [0.05, 0.1) is 7.11 Å². The lowest BCUT2D eigenvalue weighted by Crippen LogP contribution is -2.17. The number of benzene rings is 1. The molecule has 0 unspecified atom stereocenters. The van der Waals surface area contributed by atoms with Gasteiger partial charge in [-0.15, -0.1) is 5.10 Å². The number of methoxy groups -OCH3 is 1. The monoisotopic (exact) mass is 297 g/mol. The summed E-state index contributed by atoms with van der Waals surface area (Å²) < 4.78 is 20.0. The highest BCUT2D eigenvalue weighted by molar-refractivity contribution is 7.98. The van der Waals surface area contributed by atoms with Crippen LogP contribution in [0.5, 0.6) is 5.75 Å². The van der Waals surface area contributed by atoms with Crippen LogP contribution in [0.4, 0.5) is 4.39 Å². The van der Waals surface area contributed by atoms with Gasteiger partial charge in [-0.25, -0.2) is 14.3 Å². The number of hydrogen-bond acceptors (Lipinski definition) is 4. The van der Waals surface area contributed by atoms with E-state index in [4.69, 9.17) is 4.74 Å².